The number of benzene rings is 1. The normalized spacial score (nSPS) is 15.5. The molecule has 2 aromatic heterocycles. The van der Waals surface area contributed by atoms with E-state index in [0.717, 1.165) is 6.07 Å². The SMILES string of the molecule is COCc1cc(N2C[C@H](C)n3ncc(C(=O)Nc4ccccn4)c3C2=O)ccc1C(F)(F)F.S. The molecule has 12 heteroatoms. The van der Waals surface area contributed by atoms with Gasteiger partial charge in [-0.1, -0.05) is 6.07 Å². The van der Waals surface area contributed by atoms with Gasteiger partial charge in [0.05, 0.1) is 30.0 Å². The Kier molecular flexibility index (Phi) is 7.32. The minimum absolute atomic E-state index is 0. The van der Waals surface area contributed by atoms with Crippen LogP contribution in [-0.2, 0) is 17.5 Å². The second-order valence-corrected chi connectivity index (χ2v) is 7.56. The first-order valence-electron chi connectivity index (χ1n) is 10.0. The first-order chi connectivity index (χ1) is 15.7. The third-order valence-corrected chi connectivity index (χ3v) is 5.26. The number of aromatic nitrogens is 3. The van der Waals surface area contributed by atoms with Crippen molar-refractivity contribution in [3.63, 3.8) is 0 Å². The molecule has 1 aromatic carbocycles. The summed E-state index contributed by atoms with van der Waals surface area (Å²) in [6.45, 7) is 1.71. The molecule has 0 fully saturated rings. The lowest BCUT2D eigenvalue weighted by Crippen LogP contribution is -2.43. The van der Waals surface area contributed by atoms with Crippen LogP contribution in [0, 0.1) is 0 Å². The molecule has 3 heterocycles. The fourth-order valence-corrected chi connectivity index (χ4v) is 3.77. The molecule has 2 amide bonds. The maximum absolute atomic E-state index is 13.4. The zero-order valence-electron chi connectivity index (χ0n) is 18.3. The molecule has 1 N–H and O–H groups in total. The fourth-order valence-electron chi connectivity index (χ4n) is 3.77. The second-order valence-electron chi connectivity index (χ2n) is 7.56. The predicted molar refractivity (Wildman–Crippen MR) is 123 cm³/mol. The van der Waals surface area contributed by atoms with Crippen LogP contribution >= 0.6 is 13.5 Å². The Balaban J connectivity index is 0.00000324. The first-order valence-corrected chi connectivity index (χ1v) is 10.0. The number of rotatable bonds is 5. The summed E-state index contributed by atoms with van der Waals surface area (Å²) < 4.78 is 46.5. The Hall–Kier alpha value is -3.38. The van der Waals surface area contributed by atoms with Crippen molar-refractivity contribution in [1.29, 1.82) is 0 Å². The predicted octanol–water partition coefficient (Wildman–Crippen LogP) is 4.03. The van der Waals surface area contributed by atoms with Crippen LogP contribution in [-0.4, -0.2) is 40.2 Å². The zero-order chi connectivity index (χ0) is 23.8. The van der Waals surface area contributed by atoms with E-state index in [-0.39, 0.29) is 55.2 Å². The van der Waals surface area contributed by atoms with Gasteiger partial charge in [0.25, 0.3) is 11.8 Å². The number of pyridine rings is 1. The summed E-state index contributed by atoms with van der Waals surface area (Å²) in [5.74, 6) is -0.799. The Labute approximate surface area is 200 Å². The lowest BCUT2D eigenvalue weighted by atomic mass is 10.0. The monoisotopic (exact) mass is 493 g/mol. The van der Waals surface area contributed by atoms with E-state index < -0.39 is 23.6 Å². The molecule has 1 atom stereocenters. The average molecular weight is 494 g/mol. The van der Waals surface area contributed by atoms with Gasteiger partial charge in [0, 0.05) is 25.5 Å². The molecule has 4 rings (SSSR count). The Morgan fingerprint density at radius 1 is 1.26 bits per heavy atom. The molecule has 1 aliphatic rings. The quantitative estimate of drug-likeness (QED) is 0.580. The number of fused-ring (bicyclic) bond motifs is 1. The largest absolute Gasteiger partial charge is 0.416 e. The van der Waals surface area contributed by atoms with Gasteiger partial charge in [0.1, 0.15) is 11.5 Å². The number of halogens is 3. The smallest absolute Gasteiger partial charge is 0.380 e. The molecule has 1 aliphatic heterocycles. The lowest BCUT2D eigenvalue weighted by molar-refractivity contribution is -0.138. The highest BCUT2D eigenvalue weighted by Gasteiger charge is 2.37. The number of nitrogens with one attached hydrogen (secondary N) is 1. The molecule has 180 valence electrons. The minimum atomic E-state index is -4.55. The summed E-state index contributed by atoms with van der Waals surface area (Å²) in [6, 6.07) is 8.15. The number of carbonyl (C=O) groups is 2. The van der Waals surface area contributed by atoms with Crippen molar-refractivity contribution in [1.82, 2.24) is 14.8 Å². The molecular formula is C22H22F3N5O3S. The van der Waals surface area contributed by atoms with Crippen LogP contribution in [0.15, 0.2) is 48.8 Å². The average Bonchev–Trinajstić information content (AvgIpc) is 3.23. The number of methoxy groups -OCH3 is 1. The fraction of sp³-hybridized carbons (Fsp3) is 0.273. The molecular weight excluding hydrogens is 471 g/mol. The van der Waals surface area contributed by atoms with Gasteiger partial charge in [-0.3, -0.25) is 14.3 Å². The number of anilines is 2. The van der Waals surface area contributed by atoms with Crippen molar-refractivity contribution < 1.29 is 27.5 Å². The van der Waals surface area contributed by atoms with E-state index in [1.807, 2.05) is 0 Å². The Bertz CT molecular complexity index is 1200. The first kappa shape index (κ1) is 25.2. The summed E-state index contributed by atoms with van der Waals surface area (Å²) in [5.41, 5.74) is -0.543. The van der Waals surface area contributed by atoms with Crippen LogP contribution < -0.4 is 10.2 Å². The molecule has 0 radical (unpaired) electrons. The van der Waals surface area contributed by atoms with Crippen molar-refractivity contribution >= 4 is 36.8 Å². The van der Waals surface area contributed by atoms with Crippen molar-refractivity contribution in [3.8, 4) is 0 Å². The van der Waals surface area contributed by atoms with Gasteiger partial charge in [-0.05, 0) is 42.8 Å². The highest BCUT2D eigenvalue weighted by atomic mass is 32.1. The van der Waals surface area contributed by atoms with E-state index in [9.17, 15) is 22.8 Å². The summed E-state index contributed by atoms with van der Waals surface area (Å²) in [5, 5.41) is 6.81. The summed E-state index contributed by atoms with van der Waals surface area (Å²) in [6.07, 6.45) is -1.74. The van der Waals surface area contributed by atoms with Crippen LogP contribution in [0.4, 0.5) is 24.7 Å². The third-order valence-electron chi connectivity index (χ3n) is 5.26. The van der Waals surface area contributed by atoms with Crippen molar-refractivity contribution in [2.24, 2.45) is 0 Å². The van der Waals surface area contributed by atoms with Gasteiger partial charge in [0.2, 0.25) is 0 Å². The van der Waals surface area contributed by atoms with Crippen LogP contribution in [0.5, 0.6) is 0 Å². The number of amides is 2. The minimum Gasteiger partial charge on any atom is -0.380 e. The lowest BCUT2D eigenvalue weighted by Gasteiger charge is -2.32. The molecule has 0 aliphatic carbocycles. The van der Waals surface area contributed by atoms with Gasteiger partial charge in [-0.15, -0.1) is 0 Å². The van der Waals surface area contributed by atoms with E-state index in [1.54, 1.807) is 25.1 Å². The van der Waals surface area contributed by atoms with Gasteiger partial charge in [-0.2, -0.15) is 31.8 Å². The standard InChI is InChI=1S/C22H20F3N5O3.H2S/c1-13-11-29(15-6-7-17(22(23,24)25)14(9-15)12-33-2)21(32)19-16(10-27-30(13)19)20(31)28-18-5-3-4-8-26-18;/h3-10,13H,11-12H2,1-2H3,(H,26,28,31);1H2/t13-;/m0./s1. The summed E-state index contributed by atoms with van der Waals surface area (Å²) in [4.78, 5) is 31.6. The molecule has 3 aromatic rings. The van der Waals surface area contributed by atoms with Crippen LogP contribution in [0.3, 0.4) is 0 Å². The van der Waals surface area contributed by atoms with E-state index in [1.165, 1.54) is 41.2 Å². The van der Waals surface area contributed by atoms with Crippen LogP contribution in [0.25, 0.3) is 0 Å². The summed E-state index contributed by atoms with van der Waals surface area (Å²) >= 11 is 0. The highest BCUT2D eigenvalue weighted by molar-refractivity contribution is 7.59. The number of nitrogens with zero attached hydrogens (tertiary/aromatic N) is 4. The number of hydrogen-bond acceptors (Lipinski definition) is 5. The highest BCUT2D eigenvalue weighted by Crippen LogP contribution is 2.36. The molecule has 8 nitrogen and oxygen atoms in total. The third kappa shape index (κ3) is 4.77. The maximum Gasteiger partial charge on any atom is 0.416 e. The van der Waals surface area contributed by atoms with Gasteiger partial charge < -0.3 is 15.0 Å². The zero-order valence-corrected chi connectivity index (χ0v) is 19.3. The molecule has 0 unspecified atom stereocenters. The van der Waals surface area contributed by atoms with Crippen molar-refractivity contribution in [3.05, 3.63) is 71.2 Å². The van der Waals surface area contributed by atoms with Gasteiger partial charge >= 0.3 is 6.18 Å². The molecule has 0 saturated heterocycles. The topological polar surface area (TPSA) is 89.3 Å². The Morgan fingerprint density at radius 3 is 2.68 bits per heavy atom. The van der Waals surface area contributed by atoms with Crippen LogP contribution in [0.2, 0.25) is 0 Å². The Morgan fingerprint density at radius 2 is 2.03 bits per heavy atom. The van der Waals surface area contributed by atoms with E-state index in [2.05, 4.69) is 15.4 Å². The summed E-state index contributed by atoms with van der Waals surface area (Å²) in [7, 11) is 1.30. The van der Waals surface area contributed by atoms with E-state index in [4.69, 9.17) is 4.74 Å². The number of carbonyl (C=O) groups excluding carboxylic acids is 2. The second kappa shape index (κ2) is 9.85. The van der Waals surface area contributed by atoms with E-state index >= 15 is 0 Å². The number of ether oxygens (including phenoxy) is 1. The van der Waals surface area contributed by atoms with Crippen molar-refractivity contribution in [2.45, 2.75) is 25.7 Å². The number of hydrogen-bond donors (Lipinski definition) is 1. The van der Waals surface area contributed by atoms with Gasteiger partial charge in [-0.25, -0.2) is 4.98 Å². The van der Waals surface area contributed by atoms with Crippen molar-refractivity contribution in [2.75, 3.05) is 23.9 Å². The molecule has 0 saturated carbocycles. The molecule has 0 bridgehead atoms. The van der Waals surface area contributed by atoms with Crippen LogP contribution in [0.1, 0.15) is 44.9 Å². The van der Waals surface area contributed by atoms with Gasteiger partial charge in [0.15, 0.2) is 0 Å². The maximum atomic E-state index is 13.4. The van der Waals surface area contributed by atoms with E-state index in [0.29, 0.717) is 5.82 Å². The molecule has 34 heavy (non-hydrogen) atoms. The number of alkyl halides is 3. The molecule has 0 spiro atoms.